The second-order valence-corrected chi connectivity index (χ2v) is 10.1. The highest BCUT2D eigenvalue weighted by Crippen LogP contribution is 2.37. The molecule has 1 N–H and O–H groups in total. The van der Waals surface area contributed by atoms with Crippen molar-refractivity contribution in [2.45, 2.75) is 18.7 Å². The Morgan fingerprint density at radius 2 is 1.90 bits per heavy atom. The van der Waals surface area contributed by atoms with Gasteiger partial charge in [-0.25, -0.2) is 0 Å². The minimum atomic E-state index is -4.06. The quantitative estimate of drug-likeness (QED) is 0.332. The molecule has 1 aliphatic heterocycles. The van der Waals surface area contributed by atoms with Gasteiger partial charge in [-0.05, 0) is 77.2 Å². The topological polar surface area (TPSA) is 111 Å². The number of carbonyl (C=O) groups excluding carboxylic acids is 2. The number of amides is 2. The van der Waals surface area contributed by atoms with Crippen LogP contribution in [0.25, 0.3) is 6.08 Å². The molecule has 0 fully saturated rings. The van der Waals surface area contributed by atoms with E-state index in [0.29, 0.717) is 14.0 Å². The van der Waals surface area contributed by atoms with Crippen LogP contribution in [0.1, 0.15) is 18.1 Å². The van der Waals surface area contributed by atoms with Crippen LogP contribution in [0.2, 0.25) is 0 Å². The summed E-state index contributed by atoms with van der Waals surface area (Å²) in [4.78, 5) is 27.3. The van der Waals surface area contributed by atoms with Crippen molar-refractivity contribution in [3.8, 4) is 11.5 Å². The van der Waals surface area contributed by atoms with Gasteiger partial charge >= 0.3 is 10.1 Å². The van der Waals surface area contributed by atoms with E-state index in [-0.39, 0.29) is 27.5 Å². The van der Waals surface area contributed by atoms with Crippen LogP contribution in [0.4, 0.5) is 0 Å². The average Bonchev–Trinajstić information content (AvgIpc) is 3.02. The van der Waals surface area contributed by atoms with E-state index in [4.69, 9.17) is 8.92 Å². The smallest absolute Gasteiger partial charge is 0.339 e. The van der Waals surface area contributed by atoms with E-state index in [1.807, 2.05) is 29.5 Å². The zero-order valence-corrected chi connectivity index (χ0v) is 20.4. The van der Waals surface area contributed by atoms with Crippen molar-refractivity contribution in [1.29, 1.82) is 0 Å². The van der Waals surface area contributed by atoms with E-state index in [2.05, 4.69) is 10.3 Å². The van der Waals surface area contributed by atoms with Gasteiger partial charge in [-0.2, -0.15) is 13.4 Å². The van der Waals surface area contributed by atoms with Crippen LogP contribution in [0.5, 0.6) is 11.5 Å². The average molecular weight is 572 g/mol. The van der Waals surface area contributed by atoms with Crippen LogP contribution < -0.4 is 14.2 Å². The van der Waals surface area contributed by atoms with Crippen LogP contribution in [0.3, 0.4) is 0 Å². The molecule has 8 nitrogen and oxygen atoms in total. The standard InChI is InChI=1S/C20H17IN2O6S2/c1-11-4-6-14(7-5-11)31(26,27)29-18-15(21)8-13(9-16(18)28-3)10-17-19(25)23-20(30-17)22-12(2)24/h4-10H,1-3H3,(H,22,23,24,25)/b17-10+. The van der Waals surface area contributed by atoms with Crippen molar-refractivity contribution in [2.24, 2.45) is 4.99 Å². The van der Waals surface area contributed by atoms with Gasteiger partial charge in [0.05, 0.1) is 15.6 Å². The largest absolute Gasteiger partial charge is 0.493 e. The van der Waals surface area contributed by atoms with E-state index >= 15 is 0 Å². The molecular formula is C20H17IN2O6S2. The summed E-state index contributed by atoms with van der Waals surface area (Å²) in [6.07, 6.45) is 1.58. The summed E-state index contributed by atoms with van der Waals surface area (Å²) in [6.45, 7) is 3.18. The second kappa shape index (κ2) is 9.40. The molecule has 162 valence electrons. The zero-order valence-electron chi connectivity index (χ0n) is 16.6. The third kappa shape index (κ3) is 5.66. The molecule has 2 aromatic rings. The molecule has 0 spiro atoms. The Labute approximate surface area is 197 Å². The Bertz CT molecular complexity index is 1220. The number of amidine groups is 1. The van der Waals surface area contributed by atoms with Crippen LogP contribution in [-0.2, 0) is 19.7 Å². The van der Waals surface area contributed by atoms with E-state index in [1.54, 1.807) is 30.3 Å². The molecule has 0 aliphatic carbocycles. The molecule has 1 aliphatic rings. The van der Waals surface area contributed by atoms with Gasteiger partial charge in [0.15, 0.2) is 16.7 Å². The highest BCUT2D eigenvalue weighted by Gasteiger charge is 2.24. The highest BCUT2D eigenvalue weighted by atomic mass is 127. The molecule has 0 unspecified atom stereocenters. The number of carbonyl (C=O) groups is 2. The lowest BCUT2D eigenvalue weighted by Crippen LogP contribution is -2.23. The molecule has 11 heteroatoms. The molecule has 1 heterocycles. The molecule has 0 bridgehead atoms. The van der Waals surface area contributed by atoms with E-state index in [1.165, 1.54) is 26.2 Å². The van der Waals surface area contributed by atoms with Crippen molar-refractivity contribution in [3.05, 3.63) is 56.0 Å². The molecule has 0 radical (unpaired) electrons. The number of methoxy groups -OCH3 is 1. The zero-order chi connectivity index (χ0) is 22.8. The van der Waals surface area contributed by atoms with Gasteiger partial charge in [0.25, 0.3) is 5.91 Å². The number of halogens is 1. The summed E-state index contributed by atoms with van der Waals surface area (Å²) in [7, 11) is -2.67. The van der Waals surface area contributed by atoms with Gasteiger partial charge in [0.2, 0.25) is 5.91 Å². The fourth-order valence-corrected chi connectivity index (χ4v) is 5.23. The van der Waals surface area contributed by atoms with Gasteiger partial charge in [-0.3, -0.25) is 9.59 Å². The number of thioether (sulfide) groups is 1. The minimum Gasteiger partial charge on any atom is -0.493 e. The summed E-state index contributed by atoms with van der Waals surface area (Å²) in [6, 6.07) is 9.51. The van der Waals surface area contributed by atoms with Gasteiger partial charge in [0, 0.05) is 6.92 Å². The Kier molecular flexibility index (Phi) is 7.06. The first-order valence-corrected chi connectivity index (χ1v) is 12.1. The van der Waals surface area contributed by atoms with Crippen molar-refractivity contribution in [3.63, 3.8) is 0 Å². The molecule has 0 aromatic heterocycles. The Balaban J connectivity index is 1.90. The summed E-state index contributed by atoms with van der Waals surface area (Å²) in [5, 5.41) is 2.68. The fourth-order valence-electron chi connectivity index (χ4n) is 2.53. The third-order valence-corrected chi connectivity index (χ3v) is 6.89. The fraction of sp³-hybridized carbons (Fsp3) is 0.150. The molecule has 2 amide bonds. The van der Waals surface area contributed by atoms with Gasteiger partial charge < -0.3 is 14.2 Å². The maximum Gasteiger partial charge on any atom is 0.339 e. The number of nitrogens with zero attached hydrogens (tertiary/aromatic N) is 1. The Morgan fingerprint density at radius 3 is 2.52 bits per heavy atom. The Morgan fingerprint density at radius 1 is 1.23 bits per heavy atom. The summed E-state index contributed by atoms with van der Waals surface area (Å²) < 4.78 is 36.5. The molecule has 0 atom stereocenters. The normalized spacial score (nSPS) is 15.0. The molecule has 2 aromatic carbocycles. The highest BCUT2D eigenvalue weighted by molar-refractivity contribution is 14.1. The third-order valence-electron chi connectivity index (χ3n) is 3.96. The van der Waals surface area contributed by atoms with Crippen molar-refractivity contribution in [1.82, 2.24) is 5.32 Å². The van der Waals surface area contributed by atoms with E-state index in [9.17, 15) is 18.0 Å². The van der Waals surface area contributed by atoms with Gasteiger partial charge in [0.1, 0.15) is 4.90 Å². The first kappa shape index (κ1) is 23.3. The first-order valence-electron chi connectivity index (χ1n) is 8.78. The van der Waals surface area contributed by atoms with Crippen molar-refractivity contribution in [2.75, 3.05) is 7.11 Å². The molecule has 31 heavy (non-hydrogen) atoms. The molecular weight excluding hydrogens is 555 g/mol. The number of rotatable bonds is 5. The van der Waals surface area contributed by atoms with Crippen LogP contribution in [0, 0.1) is 10.5 Å². The number of hydrogen-bond acceptors (Lipinski definition) is 7. The SMILES string of the molecule is COc1cc(/C=C2/SC(NC(C)=O)=NC2=O)cc(I)c1OS(=O)(=O)c1ccc(C)cc1. The number of benzene rings is 2. The van der Waals surface area contributed by atoms with Crippen molar-refractivity contribution < 1.29 is 26.9 Å². The van der Waals surface area contributed by atoms with Crippen LogP contribution in [-0.4, -0.2) is 32.5 Å². The van der Waals surface area contributed by atoms with E-state index < -0.39 is 16.0 Å². The number of nitrogens with one attached hydrogen (secondary N) is 1. The summed E-state index contributed by atoms with van der Waals surface area (Å²) >= 11 is 2.97. The monoisotopic (exact) mass is 572 g/mol. The number of ether oxygens (including phenoxy) is 1. The van der Waals surface area contributed by atoms with E-state index in [0.717, 1.165) is 17.3 Å². The minimum absolute atomic E-state index is 0.0257. The second-order valence-electron chi connectivity index (χ2n) is 6.40. The molecule has 0 saturated carbocycles. The predicted molar refractivity (Wildman–Crippen MR) is 127 cm³/mol. The number of hydrogen-bond donors (Lipinski definition) is 1. The predicted octanol–water partition coefficient (Wildman–Crippen LogP) is 3.48. The van der Waals surface area contributed by atoms with Gasteiger partial charge in [-0.15, -0.1) is 0 Å². The lowest BCUT2D eigenvalue weighted by Gasteiger charge is -2.13. The number of aryl methyl sites for hydroxylation is 1. The maximum atomic E-state index is 12.7. The Hall–Kier alpha value is -2.38. The van der Waals surface area contributed by atoms with Gasteiger partial charge in [-0.1, -0.05) is 17.7 Å². The van der Waals surface area contributed by atoms with Crippen molar-refractivity contribution >= 4 is 67.5 Å². The summed E-state index contributed by atoms with van der Waals surface area (Å²) in [5.41, 5.74) is 1.50. The van der Waals surface area contributed by atoms with Crippen LogP contribution >= 0.6 is 34.4 Å². The molecule has 0 saturated heterocycles. The first-order chi connectivity index (χ1) is 14.6. The molecule has 3 rings (SSSR count). The summed E-state index contributed by atoms with van der Waals surface area (Å²) in [5.74, 6) is -0.572. The lowest BCUT2D eigenvalue weighted by atomic mass is 10.2. The number of aliphatic imine (C=N–C) groups is 1. The van der Waals surface area contributed by atoms with Crippen LogP contribution in [0.15, 0.2) is 51.2 Å². The lowest BCUT2D eigenvalue weighted by molar-refractivity contribution is -0.117. The maximum absolute atomic E-state index is 12.7.